The molecule has 9 heteroatoms. The van der Waals surface area contributed by atoms with Gasteiger partial charge in [0.15, 0.2) is 6.61 Å². The first kappa shape index (κ1) is 19.9. The third-order valence-electron chi connectivity index (χ3n) is 3.42. The first-order valence-corrected chi connectivity index (χ1v) is 8.68. The minimum Gasteiger partial charge on any atom is -0.452 e. The maximum absolute atomic E-state index is 13.7. The highest BCUT2D eigenvalue weighted by atomic mass is 35.5. The van der Waals surface area contributed by atoms with Crippen LogP contribution in [0.4, 0.5) is 15.1 Å². The number of rotatable bonds is 5. The lowest BCUT2D eigenvalue weighted by Gasteiger charge is -2.09. The number of esters is 1. The van der Waals surface area contributed by atoms with Crippen molar-refractivity contribution in [2.24, 2.45) is 0 Å². The van der Waals surface area contributed by atoms with E-state index >= 15 is 0 Å². The Hall–Kier alpha value is -2.45. The molecule has 0 spiro atoms. The standard InChI is InChI=1S/C17H16ClFN2O4S/c1-8-9(2)26-16(20-10(3)22)15(8)17(24)25-7-14(23)21-13-5-4-11(18)6-12(13)19/h4-6H,7H2,1-3H3,(H,20,22)(H,21,23). The van der Waals surface area contributed by atoms with Crippen molar-refractivity contribution in [3.8, 4) is 0 Å². The van der Waals surface area contributed by atoms with Gasteiger partial charge in [-0.2, -0.15) is 0 Å². The SMILES string of the molecule is CC(=O)Nc1sc(C)c(C)c1C(=O)OCC(=O)Nc1ccc(Cl)cc1F. The number of aryl methyl sites for hydroxylation is 1. The maximum atomic E-state index is 13.7. The van der Waals surface area contributed by atoms with E-state index < -0.39 is 24.3 Å². The fourth-order valence-corrected chi connectivity index (χ4v) is 3.35. The number of halogens is 2. The van der Waals surface area contributed by atoms with Crippen molar-refractivity contribution < 1.29 is 23.5 Å². The molecular formula is C17H16ClFN2O4S. The second-order valence-corrected chi connectivity index (χ2v) is 7.08. The molecule has 1 heterocycles. The van der Waals surface area contributed by atoms with Gasteiger partial charge in [-0.25, -0.2) is 9.18 Å². The van der Waals surface area contributed by atoms with E-state index in [1.165, 1.54) is 30.4 Å². The van der Waals surface area contributed by atoms with Gasteiger partial charge in [-0.15, -0.1) is 11.3 Å². The number of carbonyl (C=O) groups excluding carboxylic acids is 3. The summed E-state index contributed by atoms with van der Waals surface area (Å²) in [5.41, 5.74) is 0.790. The maximum Gasteiger partial charge on any atom is 0.341 e. The summed E-state index contributed by atoms with van der Waals surface area (Å²) in [5.74, 6) is -2.47. The molecule has 6 nitrogen and oxygen atoms in total. The molecule has 0 fully saturated rings. The summed E-state index contributed by atoms with van der Waals surface area (Å²) < 4.78 is 18.7. The van der Waals surface area contributed by atoms with Crippen LogP contribution in [0.5, 0.6) is 0 Å². The molecule has 0 aliphatic carbocycles. The van der Waals surface area contributed by atoms with Crippen LogP contribution in [0.3, 0.4) is 0 Å². The zero-order chi connectivity index (χ0) is 19.4. The molecule has 2 N–H and O–H groups in total. The molecule has 0 bridgehead atoms. The van der Waals surface area contributed by atoms with Gasteiger partial charge in [-0.3, -0.25) is 9.59 Å². The molecule has 0 aliphatic heterocycles. The van der Waals surface area contributed by atoms with Crippen molar-refractivity contribution >= 4 is 51.4 Å². The predicted octanol–water partition coefficient (Wildman–Crippen LogP) is 3.91. The molecule has 0 radical (unpaired) electrons. The van der Waals surface area contributed by atoms with E-state index in [2.05, 4.69) is 10.6 Å². The van der Waals surface area contributed by atoms with Crippen molar-refractivity contribution in [1.82, 2.24) is 0 Å². The van der Waals surface area contributed by atoms with Crippen LogP contribution in [0.25, 0.3) is 0 Å². The van der Waals surface area contributed by atoms with Crippen LogP contribution < -0.4 is 10.6 Å². The zero-order valence-electron chi connectivity index (χ0n) is 14.2. The number of hydrogen-bond donors (Lipinski definition) is 2. The highest BCUT2D eigenvalue weighted by Crippen LogP contribution is 2.33. The number of benzene rings is 1. The summed E-state index contributed by atoms with van der Waals surface area (Å²) in [6.07, 6.45) is 0. The Labute approximate surface area is 158 Å². The van der Waals surface area contributed by atoms with E-state index in [4.69, 9.17) is 16.3 Å². The van der Waals surface area contributed by atoms with E-state index in [-0.39, 0.29) is 22.2 Å². The van der Waals surface area contributed by atoms with Crippen LogP contribution in [0, 0.1) is 19.7 Å². The zero-order valence-corrected chi connectivity index (χ0v) is 15.8. The largest absolute Gasteiger partial charge is 0.452 e. The molecule has 2 amide bonds. The molecular weight excluding hydrogens is 383 g/mol. The number of carbonyl (C=O) groups is 3. The highest BCUT2D eigenvalue weighted by molar-refractivity contribution is 7.16. The van der Waals surface area contributed by atoms with E-state index in [1.807, 2.05) is 0 Å². The first-order chi connectivity index (χ1) is 12.2. The molecule has 1 aromatic carbocycles. The lowest BCUT2D eigenvalue weighted by Crippen LogP contribution is -2.22. The van der Waals surface area contributed by atoms with Gasteiger partial charge in [0.05, 0.1) is 11.3 Å². The average molecular weight is 399 g/mol. The minimum absolute atomic E-state index is 0.0723. The Morgan fingerprint density at radius 3 is 2.54 bits per heavy atom. The van der Waals surface area contributed by atoms with Crippen LogP contribution >= 0.6 is 22.9 Å². The molecule has 0 unspecified atom stereocenters. The summed E-state index contributed by atoms with van der Waals surface area (Å²) in [4.78, 5) is 36.3. The molecule has 2 aromatic rings. The van der Waals surface area contributed by atoms with Gasteiger partial charge in [0.2, 0.25) is 5.91 Å². The molecule has 2 rings (SSSR count). The second-order valence-electron chi connectivity index (χ2n) is 5.42. The van der Waals surface area contributed by atoms with Gasteiger partial charge < -0.3 is 15.4 Å². The Morgan fingerprint density at radius 1 is 1.23 bits per heavy atom. The summed E-state index contributed by atoms with van der Waals surface area (Å²) in [6, 6.07) is 3.78. The van der Waals surface area contributed by atoms with E-state index in [1.54, 1.807) is 13.8 Å². The van der Waals surface area contributed by atoms with Crippen LogP contribution in [-0.4, -0.2) is 24.4 Å². The smallest absolute Gasteiger partial charge is 0.341 e. The molecule has 1 aromatic heterocycles. The summed E-state index contributed by atoms with van der Waals surface area (Å²) >= 11 is 6.88. The number of hydrogen-bond acceptors (Lipinski definition) is 5. The molecule has 0 atom stereocenters. The van der Waals surface area contributed by atoms with Crippen LogP contribution in [0.15, 0.2) is 18.2 Å². The second kappa shape index (κ2) is 8.29. The van der Waals surface area contributed by atoms with Crippen molar-refractivity contribution in [3.63, 3.8) is 0 Å². The summed E-state index contributed by atoms with van der Waals surface area (Å²) in [7, 11) is 0. The van der Waals surface area contributed by atoms with Gasteiger partial charge in [-0.05, 0) is 37.6 Å². The van der Waals surface area contributed by atoms with E-state index in [9.17, 15) is 18.8 Å². The molecule has 0 saturated heterocycles. The van der Waals surface area contributed by atoms with Gasteiger partial charge in [0.25, 0.3) is 5.91 Å². The lowest BCUT2D eigenvalue weighted by atomic mass is 10.1. The van der Waals surface area contributed by atoms with Crippen LogP contribution in [0.1, 0.15) is 27.7 Å². The van der Waals surface area contributed by atoms with Crippen molar-refractivity contribution in [1.29, 1.82) is 0 Å². The fraction of sp³-hybridized carbons (Fsp3) is 0.235. The Kier molecular flexibility index (Phi) is 6.33. The number of anilines is 2. The Balaban J connectivity index is 2.04. The minimum atomic E-state index is -0.748. The van der Waals surface area contributed by atoms with Gasteiger partial charge >= 0.3 is 5.97 Å². The van der Waals surface area contributed by atoms with Gasteiger partial charge in [-0.1, -0.05) is 11.6 Å². The van der Waals surface area contributed by atoms with E-state index in [0.717, 1.165) is 10.9 Å². The average Bonchev–Trinajstić information content (AvgIpc) is 2.81. The Morgan fingerprint density at radius 2 is 1.92 bits per heavy atom. The Bertz CT molecular complexity index is 882. The number of thiophene rings is 1. The fourth-order valence-electron chi connectivity index (χ4n) is 2.10. The van der Waals surface area contributed by atoms with E-state index in [0.29, 0.717) is 10.6 Å². The monoisotopic (exact) mass is 398 g/mol. The van der Waals surface area contributed by atoms with Gasteiger partial charge in [0, 0.05) is 16.8 Å². The van der Waals surface area contributed by atoms with Crippen molar-refractivity contribution in [3.05, 3.63) is 45.0 Å². The third kappa shape index (κ3) is 4.80. The lowest BCUT2D eigenvalue weighted by molar-refractivity contribution is -0.119. The number of amides is 2. The number of ether oxygens (including phenoxy) is 1. The first-order valence-electron chi connectivity index (χ1n) is 7.48. The van der Waals surface area contributed by atoms with Crippen molar-refractivity contribution in [2.75, 3.05) is 17.2 Å². The van der Waals surface area contributed by atoms with Crippen LogP contribution in [-0.2, 0) is 14.3 Å². The molecule has 0 aliphatic rings. The summed E-state index contributed by atoms with van der Waals surface area (Å²) in [6.45, 7) is 4.25. The number of nitrogens with one attached hydrogen (secondary N) is 2. The van der Waals surface area contributed by atoms with Gasteiger partial charge in [0.1, 0.15) is 10.8 Å². The quantitative estimate of drug-likeness (QED) is 0.748. The third-order valence-corrected chi connectivity index (χ3v) is 4.78. The predicted molar refractivity (Wildman–Crippen MR) is 98.4 cm³/mol. The topological polar surface area (TPSA) is 84.5 Å². The highest BCUT2D eigenvalue weighted by Gasteiger charge is 2.22. The summed E-state index contributed by atoms with van der Waals surface area (Å²) in [5, 5.41) is 5.42. The molecule has 0 saturated carbocycles. The van der Waals surface area contributed by atoms with Crippen molar-refractivity contribution in [2.45, 2.75) is 20.8 Å². The molecule has 26 heavy (non-hydrogen) atoms. The normalized spacial score (nSPS) is 10.3. The molecule has 138 valence electrons. The van der Waals surface area contributed by atoms with Crippen LogP contribution in [0.2, 0.25) is 5.02 Å².